The molecule has 0 spiro atoms. The van der Waals surface area contributed by atoms with Crippen LogP contribution in [0.15, 0.2) is 34.9 Å². The third-order valence-corrected chi connectivity index (χ3v) is 3.51. The SMILES string of the molecule is Cc1nc(C(=O)Nc2ccc(C3(C#N)CC3)cc2)co1. The number of carbonyl (C=O) groups excluding carboxylic acids is 1. The van der Waals surface area contributed by atoms with Crippen molar-refractivity contribution in [3.05, 3.63) is 47.7 Å². The van der Waals surface area contributed by atoms with Crippen molar-refractivity contribution in [2.45, 2.75) is 25.2 Å². The number of nitrogens with one attached hydrogen (secondary N) is 1. The topological polar surface area (TPSA) is 78.9 Å². The van der Waals surface area contributed by atoms with E-state index in [0.29, 0.717) is 11.6 Å². The van der Waals surface area contributed by atoms with Crippen LogP contribution in [0, 0.1) is 18.3 Å². The van der Waals surface area contributed by atoms with Gasteiger partial charge in [0.25, 0.3) is 5.91 Å². The Bertz CT molecular complexity index is 691. The van der Waals surface area contributed by atoms with Crippen LogP contribution in [0.25, 0.3) is 0 Å². The average molecular weight is 267 g/mol. The van der Waals surface area contributed by atoms with Crippen molar-refractivity contribution in [1.82, 2.24) is 4.98 Å². The molecule has 0 aliphatic heterocycles. The maximum Gasteiger partial charge on any atom is 0.277 e. The summed E-state index contributed by atoms with van der Waals surface area (Å²) in [5, 5.41) is 11.9. The molecule has 1 aliphatic rings. The number of rotatable bonds is 3. The molecule has 1 N–H and O–H groups in total. The molecule has 5 heteroatoms. The van der Waals surface area contributed by atoms with E-state index in [1.165, 1.54) is 6.26 Å². The molecule has 0 saturated heterocycles. The zero-order chi connectivity index (χ0) is 14.2. The largest absolute Gasteiger partial charge is 0.448 e. The highest BCUT2D eigenvalue weighted by Crippen LogP contribution is 2.47. The lowest BCUT2D eigenvalue weighted by atomic mass is 9.98. The van der Waals surface area contributed by atoms with Crippen molar-refractivity contribution < 1.29 is 9.21 Å². The number of oxazole rings is 1. The second kappa shape index (κ2) is 4.49. The van der Waals surface area contributed by atoms with E-state index in [2.05, 4.69) is 16.4 Å². The maximum atomic E-state index is 11.9. The molecule has 0 atom stereocenters. The van der Waals surface area contributed by atoms with Gasteiger partial charge in [0, 0.05) is 12.6 Å². The second-order valence-corrected chi connectivity index (χ2v) is 4.98. The van der Waals surface area contributed by atoms with Gasteiger partial charge in [-0.15, -0.1) is 0 Å². The minimum Gasteiger partial charge on any atom is -0.448 e. The summed E-state index contributed by atoms with van der Waals surface area (Å²) < 4.78 is 5.00. The van der Waals surface area contributed by atoms with E-state index in [1.54, 1.807) is 19.1 Å². The first-order chi connectivity index (χ1) is 9.63. The summed E-state index contributed by atoms with van der Waals surface area (Å²) in [4.78, 5) is 15.9. The lowest BCUT2D eigenvalue weighted by Gasteiger charge is -2.08. The van der Waals surface area contributed by atoms with Crippen LogP contribution in [0.5, 0.6) is 0 Å². The zero-order valence-electron chi connectivity index (χ0n) is 11.0. The van der Waals surface area contributed by atoms with Crippen molar-refractivity contribution in [3.63, 3.8) is 0 Å². The second-order valence-electron chi connectivity index (χ2n) is 4.98. The minimum absolute atomic E-state index is 0.252. The lowest BCUT2D eigenvalue weighted by molar-refractivity contribution is 0.102. The summed E-state index contributed by atoms with van der Waals surface area (Å²) in [5.41, 5.74) is 1.64. The molecule has 1 aromatic heterocycles. The molecule has 0 unspecified atom stereocenters. The van der Waals surface area contributed by atoms with Crippen LogP contribution >= 0.6 is 0 Å². The molecule has 20 heavy (non-hydrogen) atoms. The molecular weight excluding hydrogens is 254 g/mol. The smallest absolute Gasteiger partial charge is 0.277 e. The van der Waals surface area contributed by atoms with Gasteiger partial charge in [0.2, 0.25) is 0 Å². The fraction of sp³-hybridized carbons (Fsp3) is 0.267. The van der Waals surface area contributed by atoms with E-state index in [9.17, 15) is 4.79 Å². The molecule has 0 radical (unpaired) electrons. The molecule has 2 aromatic rings. The Morgan fingerprint density at radius 2 is 2.10 bits per heavy atom. The Morgan fingerprint density at radius 1 is 1.40 bits per heavy atom. The standard InChI is InChI=1S/C15H13N3O2/c1-10-17-13(8-20-10)14(19)18-12-4-2-11(3-5-12)15(9-16)6-7-15/h2-5,8H,6-7H2,1H3,(H,18,19). The Balaban J connectivity index is 1.73. The first kappa shape index (κ1) is 12.4. The first-order valence-electron chi connectivity index (χ1n) is 6.38. The molecule has 1 amide bonds. The summed E-state index contributed by atoms with van der Waals surface area (Å²) in [5.74, 6) is 0.145. The van der Waals surface area contributed by atoms with Gasteiger partial charge >= 0.3 is 0 Å². The normalized spacial score (nSPS) is 15.4. The zero-order valence-corrected chi connectivity index (χ0v) is 11.0. The van der Waals surface area contributed by atoms with Crippen molar-refractivity contribution in [2.75, 3.05) is 5.32 Å². The van der Waals surface area contributed by atoms with Gasteiger partial charge in [-0.3, -0.25) is 4.79 Å². The van der Waals surface area contributed by atoms with E-state index < -0.39 is 0 Å². The highest BCUT2D eigenvalue weighted by atomic mass is 16.3. The van der Waals surface area contributed by atoms with E-state index in [1.807, 2.05) is 12.1 Å². The highest BCUT2D eigenvalue weighted by molar-refractivity contribution is 6.02. The number of amides is 1. The Morgan fingerprint density at radius 3 is 2.60 bits per heavy atom. The predicted molar refractivity (Wildman–Crippen MR) is 72.2 cm³/mol. The van der Waals surface area contributed by atoms with E-state index in [0.717, 1.165) is 18.4 Å². The minimum atomic E-state index is -0.309. The number of aryl methyl sites for hydroxylation is 1. The number of hydrogen-bond acceptors (Lipinski definition) is 4. The molecule has 1 saturated carbocycles. The fourth-order valence-corrected chi connectivity index (χ4v) is 2.13. The molecule has 5 nitrogen and oxygen atoms in total. The molecule has 3 rings (SSSR count). The summed E-state index contributed by atoms with van der Waals surface area (Å²) in [6.45, 7) is 1.68. The number of carbonyl (C=O) groups is 1. The van der Waals surface area contributed by atoms with Crippen LogP contribution in [0.2, 0.25) is 0 Å². The summed E-state index contributed by atoms with van der Waals surface area (Å²) >= 11 is 0. The van der Waals surface area contributed by atoms with Crippen molar-refractivity contribution in [3.8, 4) is 6.07 Å². The summed E-state index contributed by atoms with van der Waals surface area (Å²) in [7, 11) is 0. The first-order valence-corrected chi connectivity index (χ1v) is 6.38. The number of hydrogen-bond donors (Lipinski definition) is 1. The number of aromatic nitrogens is 1. The van der Waals surface area contributed by atoms with Gasteiger partial charge in [0.05, 0.1) is 11.5 Å². The van der Waals surface area contributed by atoms with Gasteiger partial charge in [0.1, 0.15) is 6.26 Å². The molecule has 0 bridgehead atoms. The van der Waals surface area contributed by atoms with Crippen molar-refractivity contribution in [1.29, 1.82) is 5.26 Å². The average Bonchev–Trinajstić information content (AvgIpc) is 3.14. The predicted octanol–water partition coefficient (Wildman–Crippen LogP) is 2.79. The van der Waals surface area contributed by atoms with Gasteiger partial charge in [-0.1, -0.05) is 12.1 Å². The van der Waals surface area contributed by atoms with E-state index in [4.69, 9.17) is 9.68 Å². The molecule has 100 valence electrons. The van der Waals surface area contributed by atoms with Crippen LogP contribution in [-0.4, -0.2) is 10.9 Å². The van der Waals surface area contributed by atoms with Crippen molar-refractivity contribution in [2.24, 2.45) is 0 Å². The lowest BCUT2D eigenvalue weighted by Crippen LogP contribution is -2.12. The third kappa shape index (κ3) is 2.16. The number of benzene rings is 1. The van der Waals surface area contributed by atoms with Crippen LogP contribution < -0.4 is 5.32 Å². The van der Waals surface area contributed by atoms with Crippen LogP contribution in [0.4, 0.5) is 5.69 Å². The number of anilines is 1. The Kier molecular flexibility index (Phi) is 2.79. The van der Waals surface area contributed by atoms with Gasteiger partial charge in [-0.2, -0.15) is 5.26 Å². The molecule has 1 heterocycles. The fourth-order valence-electron chi connectivity index (χ4n) is 2.13. The van der Waals surface area contributed by atoms with Crippen LogP contribution in [0.3, 0.4) is 0 Å². The van der Waals surface area contributed by atoms with Gasteiger partial charge in [-0.25, -0.2) is 4.98 Å². The van der Waals surface area contributed by atoms with Gasteiger partial charge in [0.15, 0.2) is 11.6 Å². The van der Waals surface area contributed by atoms with Crippen molar-refractivity contribution >= 4 is 11.6 Å². The van der Waals surface area contributed by atoms with E-state index >= 15 is 0 Å². The van der Waals surface area contributed by atoms with Crippen LogP contribution in [0.1, 0.15) is 34.8 Å². The van der Waals surface area contributed by atoms with Gasteiger partial charge in [-0.05, 0) is 30.5 Å². The Labute approximate surface area is 116 Å². The van der Waals surface area contributed by atoms with Gasteiger partial charge < -0.3 is 9.73 Å². The third-order valence-electron chi connectivity index (χ3n) is 3.51. The molecule has 1 fully saturated rings. The van der Waals surface area contributed by atoms with E-state index in [-0.39, 0.29) is 17.0 Å². The quantitative estimate of drug-likeness (QED) is 0.927. The monoisotopic (exact) mass is 267 g/mol. The summed E-state index contributed by atoms with van der Waals surface area (Å²) in [6, 6.07) is 9.73. The number of nitrogens with zero attached hydrogens (tertiary/aromatic N) is 2. The Hall–Kier alpha value is -2.61. The molecular formula is C15H13N3O2. The number of nitriles is 1. The molecule has 1 aromatic carbocycles. The maximum absolute atomic E-state index is 11.9. The highest BCUT2D eigenvalue weighted by Gasteiger charge is 2.44. The van der Waals surface area contributed by atoms with Crippen LogP contribution in [-0.2, 0) is 5.41 Å². The summed E-state index contributed by atoms with van der Waals surface area (Å²) in [6.07, 6.45) is 3.15. The molecule has 1 aliphatic carbocycles.